The second-order valence-corrected chi connectivity index (χ2v) is 14.3. The molecule has 0 aromatic heterocycles. The van der Waals surface area contributed by atoms with Crippen LogP contribution in [-0.2, 0) is 28.7 Å². The Balaban J connectivity index is 1.71. The fraction of sp³-hybridized carbons (Fsp3) is 0.588. The van der Waals surface area contributed by atoms with Gasteiger partial charge in [0.05, 0.1) is 30.6 Å². The summed E-state index contributed by atoms with van der Waals surface area (Å²) in [5, 5.41) is 9.95. The predicted octanol–water partition coefficient (Wildman–Crippen LogP) is 3.64. The minimum atomic E-state index is -1.29. The lowest BCUT2D eigenvalue weighted by molar-refractivity contribution is -0.164. The van der Waals surface area contributed by atoms with E-state index in [1.807, 2.05) is 58.0 Å². The number of alkyl halides is 1. The number of β-amino-alcohol motifs (C(OH)–C–C–N with tert-alkyl or cyclic N) is 1. The van der Waals surface area contributed by atoms with E-state index in [0.717, 1.165) is 0 Å². The van der Waals surface area contributed by atoms with Crippen LogP contribution in [0.3, 0.4) is 0 Å². The summed E-state index contributed by atoms with van der Waals surface area (Å²) in [5.74, 6) is -3.47. The minimum Gasteiger partial charge on any atom is -0.455 e. The molecule has 1 aromatic rings. The van der Waals surface area contributed by atoms with Crippen LogP contribution in [0.5, 0.6) is 0 Å². The maximum atomic E-state index is 14.3. The number of hydrogen-bond acceptors (Lipinski definition) is 7. The number of carbonyl (C=O) groups is 4. The van der Waals surface area contributed by atoms with E-state index in [1.165, 1.54) is 4.90 Å². The summed E-state index contributed by atoms with van der Waals surface area (Å²) in [5.41, 5.74) is -1.18. The van der Waals surface area contributed by atoms with Gasteiger partial charge < -0.3 is 29.3 Å². The molecule has 1 unspecified atom stereocenters. The SMILES string of the molecule is C=CCCC(=O)N(C)[C@@H](C)[C@@H](OC(=O)[C@@H]1[C@H]2O[C@@]3(CC2Br)[C@H](C(=O)N(CC=C)C(C)(C)C)N(CCO)C(=O)[C@@H]13)c1ccccc1. The molecule has 0 saturated carbocycles. The Kier molecular flexibility index (Phi) is 10.7. The van der Waals surface area contributed by atoms with E-state index in [0.29, 0.717) is 18.4 Å². The van der Waals surface area contributed by atoms with E-state index in [-0.39, 0.29) is 42.8 Å². The molecule has 0 radical (unpaired) electrons. The lowest BCUT2D eigenvalue weighted by Gasteiger charge is -2.42. The highest BCUT2D eigenvalue weighted by Gasteiger charge is 2.77. The Morgan fingerprint density at radius 3 is 2.47 bits per heavy atom. The van der Waals surface area contributed by atoms with Crippen LogP contribution in [0.2, 0.25) is 0 Å². The van der Waals surface area contributed by atoms with E-state index in [4.69, 9.17) is 9.47 Å². The Hall–Kier alpha value is -3.02. The van der Waals surface area contributed by atoms with Gasteiger partial charge >= 0.3 is 5.97 Å². The van der Waals surface area contributed by atoms with E-state index in [1.54, 1.807) is 29.0 Å². The topological polar surface area (TPSA) is 117 Å². The van der Waals surface area contributed by atoms with Gasteiger partial charge in [0.25, 0.3) is 0 Å². The number of ether oxygens (including phenoxy) is 2. The molecule has 0 aliphatic carbocycles. The third kappa shape index (κ3) is 6.36. The third-order valence-corrected chi connectivity index (χ3v) is 10.2. The molecule has 3 aliphatic rings. The van der Waals surface area contributed by atoms with Gasteiger partial charge in [-0.2, -0.15) is 0 Å². The quantitative estimate of drug-likeness (QED) is 0.191. The number of aliphatic hydroxyl groups excluding tert-OH is 1. The van der Waals surface area contributed by atoms with Crippen LogP contribution in [0.1, 0.15) is 58.6 Å². The Morgan fingerprint density at radius 2 is 1.89 bits per heavy atom. The number of hydrogen-bond donors (Lipinski definition) is 1. The molecule has 1 N–H and O–H groups in total. The highest BCUT2D eigenvalue weighted by atomic mass is 79.9. The van der Waals surface area contributed by atoms with Crippen molar-refractivity contribution in [3.05, 3.63) is 61.2 Å². The van der Waals surface area contributed by atoms with Crippen LogP contribution in [0, 0.1) is 11.8 Å². The molecule has 4 rings (SSSR count). The normalized spacial score (nSPS) is 28.3. The Labute approximate surface area is 274 Å². The number of esters is 1. The first-order valence-electron chi connectivity index (χ1n) is 15.5. The smallest absolute Gasteiger partial charge is 0.313 e. The number of nitrogens with zero attached hydrogens (tertiary/aromatic N) is 3. The molecule has 3 saturated heterocycles. The predicted molar refractivity (Wildman–Crippen MR) is 173 cm³/mol. The highest BCUT2D eigenvalue weighted by molar-refractivity contribution is 9.09. The van der Waals surface area contributed by atoms with E-state index < -0.39 is 59.1 Å². The molecule has 10 nitrogen and oxygen atoms in total. The first-order chi connectivity index (χ1) is 21.2. The minimum absolute atomic E-state index is 0.0798. The summed E-state index contributed by atoms with van der Waals surface area (Å²) in [4.78, 5) is 60.0. The number of amides is 3. The number of likely N-dealkylation sites (N-methyl/N-ethyl adjacent to an activating group) is 1. The first kappa shape index (κ1) is 34.8. The number of rotatable bonds is 13. The van der Waals surface area contributed by atoms with Crippen LogP contribution in [-0.4, -0.2) is 104 Å². The lowest BCUT2D eigenvalue weighted by Crippen LogP contribution is -2.60. The molecule has 246 valence electrons. The van der Waals surface area contributed by atoms with E-state index in [9.17, 15) is 24.3 Å². The van der Waals surface area contributed by atoms with Crippen LogP contribution < -0.4 is 0 Å². The van der Waals surface area contributed by atoms with Crippen LogP contribution in [0.15, 0.2) is 55.6 Å². The second-order valence-electron chi connectivity index (χ2n) is 13.2. The fourth-order valence-electron chi connectivity index (χ4n) is 7.12. The maximum Gasteiger partial charge on any atom is 0.313 e. The van der Waals surface area contributed by atoms with Crippen LogP contribution in [0.4, 0.5) is 0 Å². The van der Waals surface area contributed by atoms with Gasteiger partial charge in [-0.25, -0.2) is 0 Å². The zero-order valence-electron chi connectivity index (χ0n) is 26.9. The van der Waals surface area contributed by atoms with Gasteiger partial charge in [0.1, 0.15) is 17.7 Å². The van der Waals surface area contributed by atoms with Gasteiger partial charge in [0.15, 0.2) is 0 Å². The van der Waals surface area contributed by atoms with E-state index >= 15 is 0 Å². The van der Waals surface area contributed by atoms with Gasteiger partial charge in [0.2, 0.25) is 17.7 Å². The van der Waals surface area contributed by atoms with Crippen molar-refractivity contribution in [2.45, 2.75) is 87.2 Å². The standard InChI is InChI=1S/C34H46BrN3O7/c1-8-10-16-24(40)36(7)21(3)27(22-14-12-11-13-15-22)44-32(43)25-26-30(41)37(18-19-39)29(34(26)20-23(35)28(25)45-34)31(42)38(17-9-2)33(4,5)6/h8-9,11-15,21,23,25-29,39H,1-2,10,16-20H2,3-7H3/t21-,23?,25-,26+,27+,28-,29-,34+/m0/s1. The van der Waals surface area contributed by atoms with Crippen LogP contribution in [0.25, 0.3) is 0 Å². The van der Waals surface area contributed by atoms with Crippen molar-refractivity contribution in [2.24, 2.45) is 11.8 Å². The average Bonchev–Trinajstić information content (AvgIpc) is 3.59. The number of fused-ring (bicyclic) bond motifs is 1. The molecule has 3 heterocycles. The van der Waals surface area contributed by atoms with Gasteiger partial charge in [-0.1, -0.05) is 58.4 Å². The molecule has 2 bridgehead atoms. The first-order valence-corrected chi connectivity index (χ1v) is 16.4. The average molecular weight is 689 g/mol. The summed E-state index contributed by atoms with van der Waals surface area (Å²) in [7, 11) is 1.68. The van der Waals surface area contributed by atoms with Gasteiger partial charge in [0, 0.05) is 36.9 Å². The number of halogens is 1. The molecule has 3 amide bonds. The van der Waals surface area contributed by atoms with Crippen molar-refractivity contribution >= 4 is 39.6 Å². The number of allylic oxidation sites excluding steroid dienone is 1. The third-order valence-electron chi connectivity index (χ3n) is 9.40. The summed E-state index contributed by atoms with van der Waals surface area (Å²) in [6.07, 6.45) is 2.91. The number of carbonyl (C=O) groups excluding carboxylic acids is 4. The maximum absolute atomic E-state index is 14.3. The Morgan fingerprint density at radius 1 is 1.22 bits per heavy atom. The van der Waals surface area contributed by atoms with Crippen molar-refractivity contribution in [2.75, 3.05) is 26.7 Å². The summed E-state index contributed by atoms with van der Waals surface area (Å²) in [6.45, 7) is 14.9. The highest BCUT2D eigenvalue weighted by Crippen LogP contribution is 2.60. The molecular formula is C34H46BrN3O7. The van der Waals surface area contributed by atoms with Crippen LogP contribution >= 0.6 is 15.9 Å². The largest absolute Gasteiger partial charge is 0.455 e. The molecule has 1 aromatic carbocycles. The molecule has 3 fully saturated rings. The second kappa shape index (κ2) is 13.8. The van der Waals surface area contributed by atoms with Crippen molar-refractivity contribution in [1.82, 2.24) is 14.7 Å². The number of likely N-dealkylation sites (tertiary alicyclic amines) is 1. The lowest BCUT2D eigenvalue weighted by atomic mass is 9.70. The number of aliphatic hydroxyl groups is 1. The van der Waals surface area contributed by atoms with Crippen molar-refractivity contribution in [1.29, 1.82) is 0 Å². The molecule has 8 atom stereocenters. The van der Waals surface area contributed by atoms with Crippen molar-refractivity contribution in [3.63, 3.8) is 0 Å². The zero-order chi connectivity index (χ0) is 33.3. The van der Waals surface area contributed by atoms with Gasteiger partial charge in [-0.3, -0.25) is 19.2 Å². The zero-order valence-corrected chi connectivity index (χ0v) is 28.4. The van der Waals surface area contributed by atoms with Gasteiger partial charge in [-0.15, -0.1) is 13.2 Å². The van der Waals surface area contributed by atoms with Crippen molar-refractivity contribution in [3.8, 4) is 0 Å². The fourth-order valence-corrected chi connectivity index (χ4v) is 8.06. The molecular weight excluding hydrogens is 642 g/mol. The number of benzene rings is 1. The molecule has 45 heavy (non-hydrogen) atoms. The molecule has 11 heteroatoms. The van der Waals surface area contributed by atoms with Gasteiger partial charge in [-0.05, 0) is 46.1 Å². The van der Waals surface area contributed by atoms with Crippen molar-refractivity contribution < 1.29 is 33.8 Å². The summed E-state index contributed by atoms with van der Waals surface area (Å²) >= 11 is 3.69. The molecule has 1 spiro atoms. The molecule has 3 aliphatic heterocycles. The summed E-state index contributed by atoms with van der Waals surface area (Å²) in [6, 6.07) is 7.62. The summed E-state index contributed by atoms with van der Waals surface area (Å²) < 4.78 is 12.9. The Bertz CT molecular complexity index is 1300. The van der Waals surface area contributed by atoms with E-state index in [2.05, 4.69) is 29.1 Å². The monoisotopic (exact) mass is 687 g/mol.